The molecular weight excluding hydrogens is 318 g/mol. The van der Waals surface area contributed by atoms with Crippen LogP contribution in [0.1, 0.15) is 27.2 Å². The van der Waals surface area contributed by atoms with Crippen LogP contribution in [0.5, 0.6) is 0 Å². The smallest absolute Gasteiger partial charge is 0.331 e. The first-order valence-corrected chi connectivity index (χ1v) is 7.44. The van der Waals surface area contributed by atoms with E-state index in [4.69, 9.17) is 9.84 Å². The van der Waals surface area contributed by atoms with E-state index in [-0.39, 0.29) is 19.6 Å². The molecule has 1 aromatic heterocycles. The Bertz CT molecular complexity index is 713. The van der Waals surface area contributed by atoms with Gasteiger partial charge in [0.25, 0.3) is 5.56 Å². The highest BCUT2D eigenvalue weighted by atomic mass is 16.5. The molecule has 1 heterocycles. The first-order chi connectivity index (χ1) is 11.0. The highest BCUT2D eigenvalue weighted by molar-refractivity contribution is 5.83. The second kappa shape index (κ2) is 7.91. The monoisotopic (exact) mass is 341 g/mol. The molecule has 9 nitrogen and oxygen atoms in total. The van der Waals surface area contributed by atoms with Gasteiger partial charge in [-0.1, -0.05) is 0 Å². The van der Waals surface area contributed by atoms with Crippen molar-refractivity contribution < 1.29 is 19.4 Å². The largest absolute Gasteiger partial charge is 0.480 e. The molecule has 9 heteroatoms. The highest BCUT2D eigenvalue weighted by Gasteiger charge is 2.21. The van der Waals surface area contributed by atoms with Crippen molar-refractivity contribution >= 4 is 11.9 Å². The van der Waals surface area contributed by atoms with Crippen LogP contribution in [0.25, 0.3) is 0 Å². The van der Waals surface area contributed by atoms with E-state index in [1.165, 1.54) is 13.2 Å². The van der Waals surface area contributed by atoms with Gasteiger partial charge in [0.15, 0.2) is 0 Å². The van der Waals surface area contributed by atoms with Crippen LogP contribution in [0.15, 0.2) is 21.9 Å². The fourth-order valence-electron chi connectivity index (χ4n) is 1.87. The Hall–Kier alpha value is -2.42. The molecule has 0 fully saturated rings. The Morgan fingerprint density at radius 3 is 2.50 bits per heavy atom. The number of hydrogen-bond donors (Lipinski definition) is 2. The van der Waals surface area contributed by atoms with Crippen molar-refractivity contribution in [1.29, 1.82) is 0 Å². The zero-order chi connectivity index (χ0) is 18.5. The van der Waals surface area contributed by atoms with Crippen LogP contribution in [0.4, 0.5) is 0 Å². The first kappa shape index (κ1) is 19.6. The molecule has 1 rings (SSSR count). The van der Waals surface area contributed by atoms with Gasteiger partial charge in [-0.25, -0.2) is 9.59 Å². The fourth-order valence-corrected chi connectivity index (χ4v) is 1.87. The molecule has 0 aromatic carbocycles. The van der Waals surface area contributed by atoms with Crippen molar-refractivity contribution in [3.05, 3.63) is 33.1 Å². The van der Waals surface area contributed by atoms with Crippen LogP contribution in [-0.2, 0) is 27.9 Å². The molecule has 1 unspecified atom stereocenters. The third-order valence-corrected chi connectivity index (χ3v) is 3.15. The molecule has 1 aromatic rings. The number of carbonyl (C=O) groups is 2. The van der Waals surface area contributed by atoms with Crippen molar-refractivity contribution in [3.8, 4) is 0 Å². The van der Waals surface area contributed by atoms with E-state index in [2.05, 4.69) is 5.32 Å². The number of carboxylic acid groups (broad SMARTS) is 1. The number of carbonyl (C=O) groups excluding carboxylic acids is 1. The lowest BCUT2D eigenvalue weighted by Gasteiger charge is -2.21. The number of carboxylic acids is 1. The summed E-state index contributed by atoms with van der Waals surface area (Å²) in [7, 11) is 1.29. The molecule has 0 aliphatic rings. The maximum Gasteiger partial charge on any atom is 0.331 e. The number of nitrogens with zero attached hydrogens (tertiary/aromatic N) is 2. The second-order valence-electron chi connectivity index (χ2n) is 6.33. The van der Waals surface area contributed by atoms with Gasteiger partial charge in [0.1, 0.15) is 12.6 Å². The zero-order valence-electron chi connectivity index (χ0n) is 14.2. The molecule has 0 aliphatic heterocycles. The lowest BCUT2D eigenvalue weighted by Crippen LogP contribution is -2.45. The van der Waals surface area contributed by atoms with Gasteiger partial charge in [0, 0.05) is 32.3 Å². The Balaban J connectivity index is 2.70. The summed E-state index contributed by atoms with van der Waals surface area (Å²) >= 11 is 0. The summed E-state index contributed by atoms with van der Waals surface area (Å²) in [5.74, 6) is -1.83. The minimum Gasteiger partial charge on any atom is -0.480 e. The van der Waals surface area contributed by atoms with E-state index in [0.717, 1.165) is 15.2 Å². The first-order valence-electron chi connectivity index (χ1n) is 7.44. The van der Waals surface area contributed by atoms with Crippen LogP contribution in [0.3, 0.4) is 0 Å². The van der Waals surface area contributed by atoms with Gasteiger partial charge in [-0.2, -0.15) is 0 Å². The quantitative estimate of drug-likeness (QED) is 0.678. The summed E-state index contributed by atoms with van der Waals surface area (Å²) in [6.45, 7) is 5.31. The fraction of sp³-hybridized carbons (Fsp3) is 0.600. The molecule has 0 radical (unpaired) electrons. The number of amides is 1. The molecule has 24 heavy (non-hydrogen) atoms. The van der Waals surface area contributed by atoms with Gasteiger partial charge >= 0.3 is 11.7 Å². The summed E-state index contributed by atoms with van der Waals surface area (Å²) in [6, 6.07) is 0.0312. The minimum absolute atomic E-state index is 0.0977. The van der Waals surface area contributed by atoms with Gasteiger partial charge in [-0.3, -0.25) is 18.7 Å². The van der Waals surface area contributed by atoms with E-state index >= 15 is 0 Å². The predicted octanol–water partition coefficient (Wildman–Crippen LogP) is -0.678. The molecule has 0 saturated heterocycles. The Morgan fingerprint density at radius 2 is 1.96 bits per heavy atom. The van der Waals surface area contributed by atoms with E-state index in [1.807, 2.05) is 20.8 Å². The summed E-state index contributed by atoms with van der Waals surface area (Å²) < 4.78 is 7.34. The lowest BCUT2D eigenvalue weighted by atomic mass is 10.2. The SMILES string of the molecule is Cn1c(=O)ccn(CC(=O)NC(CCOC(C)(C)C)C(=O)O)c1=O. The van der Waals surface area contributed by atoms with Crippen molar-refractivity contribution in [2.75, 3.05) is 6.61 Å². The number of ether oxygens (including phenoxy) is 1. The van der Waals surface area contributed by atoms with Gasteiger partial charge in [0.2, 0.25) is 5.91 Å². The minimum atomic E-state index is -1.19. The normalized spacial score (nSPS) is 12.7. The summed E-state index contributed by atoms with van der Waals surface area (Å²) in [6.07, 6.45) is 1.29. The molecule has 0 bridgehead atoms. The maximum atomic E-state index is 12.0. The summed E-state index contributed by atoms with van der Waals surface area (Å²) in [5, 5.41) is 11.5. The third kappa shape index (κ3) is 5.99. The van der Waals surface area contributed by atoms with Crippen molar-refractivity contribution in [2.45, 2.75) is 45.4 Å². The molecule has 0 saturated carbocycles. The topological polar surface area (TPSA) is 120 Å². The molecule has 134 valence electrons. The third-order valence-electron chi connectivity index (χ3n) is 3.15. The number of aliphatic carboxylic acids is 1. The number of rotatable bonds is 7. The summed E-state index contributed by atoms with van der Waals surface area (Å²) in [4.78, 5) is 46.3. The molecular formula is C15H23N3O6. The maximum absolute atomic E-state index is 12.0. The Labute approximate surface area is 138 Å². The average molecular weight is 341 g/mol. The van der Waals surface area contributed by atoms with E-state index in [0.29, 0.717) is 0 Å². The molecule has 0 spiro atoms. The van der Waals surface area contributed by atoms with Crippen LogP contribution < -0.4 is 16.6 Å². The highest BCUT2D eigenvalue weighted by Crippen LogP contribution is 2.08. The molecule has 1 atom stereocenters. The molecule has 2 N–H and O–H groups in total. The van der Waals surface area contributed by atoms with Gasteiger partial charge in [-0.05, 0) is 20.8 Å². The number of aromatic nitrogens is 2. The van der Waals surface area contributed by atoms with Crippen LogP contribution in [0.2, 0.25) is 0 Å². The lowest BCUT2D eigenvalue weighted by molar-refractivity contribution is -0.143. The van der Waals surface area contributed by atoms with Gasteiger partial charge in [-0.15, -0.1) is 0 Å². The van der Waals surface area contributed by atoms with Crippen molar-refractivity contribution in [1.82, 2.24) is 14.5 Å². The van der Waals surface area contributed by atoms with Crippen LogP contribution in [0, 0.1) is 0 Å². The molecule has 0 aliphatic carbocycles. The molecule has 1 amide bonds. The average Bonchev–Trinajstić information content (AvgIpc) is 2.45. The van der Waals surface area contributed by atoms with E-state index < -0.39 is 34.8 Å². The number of nitrogens with one attached hydrogen (secondary N) is 1. The van der Waals surface area contributed by atoms with Gasteiger partial charge in [0.05, 0.1) is 5.60 Å². The summed E-state index contributed by atoms with van der Waals surface area (Å²) in [5.41, 5.74) is -1.55. The van der Waals surface area contributed by atoms with Crippen molar-refractivity contribution in [3.63, 3.8) is 0 Å². The van der Waals surface area contributed by atoms with E-state index in [1.54, 1.807) is 0 Å². The number of hydrogen-bond acceptors (Lipinski definition) is 5. The van der Waals surface area contributed by atoms with Crippen molar-refractivity contribution in [2.24, 2.45) is 7.05 Å². The van der Waals surface area contributed by atoms with E-state index in [9.17, 15) is 19.2 Å². The second-order valence-corrected chi connectivity index (χ2v) is 6.33. The Morgan fingerprint density at radius 1 is 1.33 bits per heavy atom. The van der Waals surface area contributed by atoms with Crippen LogP contribution >= 0.6 is 0 Å². The van der Waals surface area contributed by atoms with Crippen LogP contribution in [-0.4, -0.2) is 44.4 Å². The standard InChI is InChI=1S/C15H23N3O6/c1-15(2,3)24-8-6-10(13(21)22)16-11(19)9-18-7-5-12(20)17(4)14(18)23/h5,7,10H,6,8-9H2,1-4H3,(H,16,19)(H,21,22). The Kier molecular flexibility index (Phi) is 6.47. The predicted molar refractivity (Wildman–Crippen MR) is 85.8 cm³/mol. The van der Waals surface area contributed by atoms with Gasteiger partial charge < -0.3 is 15.2 Å². The zero-order valence-corrected chi connectivity index (χ0v) is 14.2.